The molecule has 0 fully saturated rings. The molecule has 0 bridgehead atoms. The molecule has 0 spiro atoms. The van der Waals surface area contributed by atoms with Crippen molar-refractivity contribution in [3.8, 4) is 23.0 Å². The van der Waals surface area contributed by atoms with Gasteiger partial charge < -0.3 is 15.2 Å². The maximum atomic E-state index is 13.7. The van der Waals surface area contributed by atoms with Crippen molar-refractivity contribution in [2.45, 2.75) is 6.18 Å². The van der Waals surface area contributed by atoms with Gasteiger partial charge in [-0.15, -0.1) is 0 Å². The van der Waals surface area contributed by atoms with Gasteiger partial charge in [0, 0.05) is 17.8 Å². The van der Waals surface area contributed by atoms with Crippen molar-refractivity contribution in [3.05, 3.63) is 77.4 Å². The molecule has 3 nitrogen and oxygen atoms in total. The summed E-state index contributed by atoms with van der Waals surface area (Å²) in [6.45, 7) is 0. The van der Waals surface area contributed by atoms with Crippen LogP contribution in [0.25, 0.3) is 0 Å². The van der Waals surface area contributed by atoms with E-state index in [1.54, 1.807) is 0 Å². The van der Waals surface area contributed by atoms with Crippen LogP contribution >= 0.6 is 0 Å². The minimum absolute atomic E-state index is 0.127. The molecule has 0 saturated carbocycles. The topological polar surface area (TPSA) is 44.5 Å². The number of alkyl halides is 3. The third-order valence-corrected chi connectivity index (χ3v) is 3.64. The van der Waals surface area contributed by atoms with Gasteiger partial charge in [-0.3, -0.25) is 0 Å². The standard InChI is InChI=1S/C19H10F7NO2/c20-13-8-15(17(22)18(23)16(13)21)29-11-3-1-2-10(7-11)28-14-5-4-9(27)6-12(14)19(24,25)26/h1-8H,27H2. The predicted octanol–water partition coefficient (Wildman–Crippen LogP) is 6.43. The zero-order valence-corrected chi connectivity index (χ0v) is 14.2. The van der Waals surface area contributed by atoms with Gasteiger partial charge in [-0.05, 0) is 30.3 Å². The highest BCUT2D eigenvalue weighted by Crippen LogP contribution is 2.40. The first-order valence-corrected chi connectivity index (χ1v) is 7.81. The Labute approximate surface area is 159 Å². The van der Waals surface area contributed by atoms with Crippen molar-refractivity contribution in [2.75, 3.05) is 5.73 Å². The lowest BCUT2D eigenvalue weighted by atomic mass is 10.1. The van der Waals surface area contributed by atoms with Crippen LogP contribution in [0.1, 0.15) is 5.56 Å². The average Bonchev–Trinajstić information content (AvgIpc) is 2.65. The van der Waals surface area contributed by atoms with Gasteiger partial charge in [0.05, 0.1) is 0 Å². The second-order valence-corrected chi connectivity index (χ2v) is 5.73. The molecule has 0 saturated heterocycles. The quantitative estimate of drug-likeness (QED) is 0.230. The van der Waals surface area contributed by atoms with Crippen LogP contribution in [0.4, 0.5) is 36.4 Å². The van der Waals surface area contributed by atoms with Crippen molar-refractivity contribution in [1.29, 1.82) is 0 Å². The van der Waals surface area contributed by atoms with Gasteiger partial charge in [0.15, 0.2) is 17.4 Å². The highest BCUT2D eigenvalue weighted by Gasteiger charge is 2.34. The molecule has 0 heterocycles. The molecule has 0 atom stereocenters. The Morgan fingerprint density at radius 3 is 1.93 bits per heavy atom. The van der Waals surface area contributed by atoms with Crippen molar-refractivity contribution in [2.24, 2.45) is 0 Å². The monoisotopic (exact) mass is 417 g/mol. The van der Waals surface area contributed by atoms with Crippen molar-refractivity contribution < 1.29 is 40.2 Å². The van der Waals surface area contributed by atoms with Crippen LogP contribution in [0.15, 0.2) is 48.5 Å². The van der Waals surface area contributed by atoms with Crippen molar-refractivity contribution >= 4 is 5.69 Å². The fourth-order valence-corrected chi connectivity index (χ4v) is 2.34. The van der Waals surface area contributed by atoms with E-state index in [4.69, 9.17) is 15.2 Å². The summed E-state index contributed by atoms with van der Waals surface area (Å²) in [5.74, 6) is -9.41. The Kier molecular flexibility index (Phi) is 5.27. The Morgan fingerprint density at radius 1 is 0.690 bits per heavy atom. The van der Waals surface area contributed by atoms with Gasteiger partial charge in [-0.1, -0.05) is 6.07 Å². The maximum Gasteiger partial charge on any atom is 0.420 e. The molecule has 0 unspecified atom stereocenters. The number of rotatable bonds is 4. The summed E-state index contributed by atoms with van der Waals surface area (Å²) in [5.41, 5.74) is 4.12. The fraction of sp³-hybridized carbons (Fsp3) is 0.0526. The summed E-state index contributed by atoms with van der Waals surface area (Å²) < 4.78 is 103. The van der Waals surface area contributed by atoms with E-state index in [1.165, 1.54) is 24.3 Å². The van der Waals surface area contributed by atoms with E-state index in [0.717, 1.165) is 12.1 Å². The van der Waals surface area contributed by atoms with E-state index in [9.17, 15) is 30.7 Å². The van der Waals surface area contributed by atoms with Crippen LogP contribution in [0, 0.1) is 23.3 Å². The highest BCUT2D eigenvalue weighted by molar-refractivity contribution is 5.51. The highest BCUT2D eigenvalue weighted by atomic mass is 19.4. The zero-order chi connectivity index (χ0) is 21.3. The lowest BCUT2D eigenvalue weighted by Crippen LogP contribution is -2.08. The number of ether oxygens (including phenoxy) is 2. The number of hydrogen-bond donors (Lipinski definition) is 1. The van der Waals surface area contributed by atoms with E-state index in [0.29, 0.717) is 12.1 Å². The summed E-state index contributed by atoms with van der Waals surface area (Å²) in [6.07, 6.45) is -4.74. The molecule has 3 rings (SSSR count). The molecule has 2 N–H and O–H groups in total. The van der Waals surface area contributed by atoms with Gasteiger partial charge in [-0.25, -0.2) is 13.2 Å². The second kappa shape index (κ2) is 7.53. The Morgan fingerprint density at radius 2 is 1.31 bits per heavy atom. The number of benzene rings is 3. The largest absolute Gasteiger partial charge is 0.457 e. The molecule has 0 amide bonds. The number of hydrogen-bond acceptors (Lipinski definition) is 3. The first-order chi connectivity index (χ1) is 13.6. The van der Waals surface area contributed by atoms with E-state index < -0.39 is 46.5 Å². The molecule has 0 aromatic heterocycles. The van der Waals surface area contributed by atoms with Crippen LogP contribution in [0.3, 0.4) is 0 Å². The molecule has 3 aromatic carbocycles. The van der Waals surface area contributed by atoms with Crippen LogP contribution < -0.4 is 15.2 Å². The third kappa shape index (κ3) is 4.36. The molecule has 0 aliphatic carbocycles. The van der Waals surface area contributed by atoms with Crippen molar-refractivity contribution in [3.63, 3.8) is 0 Å². The molecule has 0 aliphatic heterocycles. The number of anilines is 1. The Bertz CT molecular complexity index is 1070. The van der Waals surface area contributed by atoms with Gasteiger partial charge in [-0.2, -0.15) is 17.6 Å². The number of halogens is 7. The maximum absolute atomic E-state index is 13.7. The normalized spacial score (nSPS) is 11.4. The van der Waals surface area contributed by atoms with E-state index in [2.05, 4.69) is 0 Å². The molecular weight excluding hydrogens is 407 g/mol. The van der Waals surface area contributed by atoms with Crippen LogP contribution in [-0.4, -0.2) is 0 Å². The summed E-state index contributed by atoms with van der Waals surface area (Å²) in [6, 6.07) is 8.02. The molecule has 3 aromatic rings. The minimum atomic E-state index is -4.74. The zero-order valence-electron chi connectivity index (χ0n) is 14.2. The third-order valence-electron chi connectivity index (χ3n) is 3.64. The molecule has 29 heavy (non-hydrogen) atoms. The SMILES string of the molecule is Nc1ccc(Oc2cccc(Oc3cc(F)c(F)c(F)c3F)c2)c(C(F)(F)F)c1. The summed E-state index contributed by atoms with van der Waals surface area (Å²) in [7, 11) is 0. The predicted molar refractivity (Wildman–Crippen MR) is 88.7 cm³/mol. The molecule has 10 heteroatoms. The Balaban J connectivity index is 1.91. The van der Waals surface area contributed by atoms with Crippen LogP contribution in [-0.2, 0) is 6.18 Å². The first-order valence-electron chi connectivity index (χ1n) is 7.81. The smallest absolute Gasteiger partial charge is 0.420 e. The van der Waals surface area contributed by atoms with Gasteiger partial charge in [0.25, 0.3) is 0 Å². The van der Waals surface area contributed by atoms with Gasteiger partial charge in [0.1, 0.15) is 22.8 Å². The lowest BCUT2D eigenvalue weighted by Gasteiger charge is -2.15. The van der Waals surface area contributed by atoms with E-state index in [1.807, 2.05) is 0 Å². The van der Waals surface area contributed by atoms with Gasteiger partial charge in [0.2, 0.25) is 11.6 Å². The fourth-order valence-electron chi connectivity index (χ4n) is 2.34. The van der Waals surface area contributed by atoms with Crippen molar-refractivity contribution in [1.82, 2.24) is 0 Å². The van der Waals surface area contributed by atoms with Crippen LogP contribution in [0.5, 0.6) is 23.0 Å². The Hall–Kier alpha value is -3.43. The molecule has 0 radical (unpaired) electrons. The summed E-state index contributed by atoms with van der Waals surface area (Å²) in [5, 5.41) is 0. The minimum Gasteiger partial charge on any atom is -0.457 e. The summed E-state index contributed by atoms with van der Waals surface area (Å²) >= 11 is 0. The lowest BCUT2D eigenvalue weighted by molar-refractivity contribution is -0.138. The number of nitrogens with two attached hydrogens (primary N) is 1. The molecule has 0 aliphatic rings. The van der Waals surface area contributed by atoms with E-state index >= 15 is 0 Å². The summed E-state index contributed by atoms with van der Waals surface area (Å²) in [4.78, 5) is 0. The van der Waals surface area contributed by atoms with Gasteiger partial charge >= 0.3 is 6.18 Å². The average molecular weight is 417 g/mol. The molecule has 152 valence electrons. The van der Waals surface area contributed by atoms with E-state index in [-0.39, 0.29) is 17.2 Å². The first kappa shape index (κ1) is 20.3. The second-order valence-electron chi connectivity index (χ2n) is 5.73. The molecular formula is C19H10F7NO2. The number of nitrogen functional groups attached to an aromatic ring is 1. The van der Waals surface area contributed by atoms with Crippen LogP contribution in [0.2, 0.25) is 0 Å².